The van der Waals surface area contributed by atoms with Gasteiger partial charge in [-0.25, -0.2) is 28.4 Å². The van der Waals surface area contributed by atoms with Gasteiger partial charge in [0.2, 0.25) is 0 Å². The number of aliphatic hydroxyl groups is 4. The fourth-order valence-electron chi connectivity index (χ4n) is 6.52. The lowest BCUT2D eigenvalue weighted by Crippen LogP contribution is -2.59. The number of ether oxygens (including phenoxy) is 10. The molecule has 88 heavy (non-hydrogen) atoms. The lowest BCUT2D eigenvalue weighted by Gasteiger charge is -2.36. The van der Waals surface area contributed by atoms with E-state index in [0.29, 0.717) is 0 Å². The molecule has 4 atom stereocenters. The first-order valence-corrected chi connectivity index (χ1v) is 24.1. The summed E-state index contributed by atoms with van der Waals surface area (Å²) in [6, 6.07) is 0. The van der Waals surface area contributed by atoms with Crippen LogP contribution >= 0.6 is 0 Å². The first kappa shape index (κ1) is 83.2. The zero-order valence-electron chi connectivity index (χ0n) is 44.5. The van der Waals surface area contributed by atoms with Gasteiger partial charge in [0.25, 0.3) is 0 Å². The van der Waals surface area contributed by atoms with E-state index >= 15 is 0 Å². The third kappa shape index (κ3) is 26.7. The predicted octanol–water partition coefficient (Wildman–Crippen LogP) is 7.10. The van der Waals surface area contributed by atoms with Crippen molar-refractivity contribution in [3.8, 4) is 0 Å². The maximum Gasteiger partial charge on any atom is 0.483 e. The molecule has 0 saturated carbocycles. The topological polar surface area (TPSA) is 186 Å². The molecule has 1 heterocycles. The van der Waals surface area contributed by atoms with Crippen LogP contribution in [0.5, 0.6) is 0 Å². The summed E-state index contributed by atoms with van der Waals surface area (Å²) in [5.74, 6) is 0. The van der Waals surface area contributed by atoms with E-state index in [2.05, 4.69) is 18.9 Å². The zero-order valence-corrected chi connectivity index (χ0v) is 44.5. The number of hydrogen-bond acceptors (Lipinski definition) is 18. The van der Waals surface area contributed by atoms with Gasteiger partial charge in [0, 0.05) is 91.8 Å². The summed E-state index contributed by atoms with van der Waals surface area (Å²) in [6.07, 6.45) is -107. The third-order valence-corrected chi connectivity index (χ3v) is 10.6. The second kappa shape index (κ2) is 31.9. The molecule has 0 aromatic heterocycles. The highest BCUT2D eigenvalue weighted by molar-refractivity contribution is 4.82. The first-order chi connectivity index (χ1) is 39.3. The van der Waals surface area contributed by atoms with Gasteiger partial charge in [-0.1, -0.05) is 0 Å². The second-order valence-electron chi connectivity index (χ2n) is 18.2. The van der Waals surface area contributed by atoms with Gasteiger partial charge in [-0.2, -0.15) is 132 Å². The average molecular weight is 1380 g/mol. The van der Waals surface area contributed by atoms with Crippen LogP contribution in [0.3, 0.4) is 0 Å². The van der Waals surface area contributed by atoms with Crippen molar-refractivity contribution in [1.29, 1.82) is 0 Å². The lowest BCUT2D eigenvalue weighted by atomic mass is 10.2. The van der Waals surface area contributed by atoms with E-state index in [1.165, 1.54) is 19.3 Å². The minimum atomic E-state index is -7.62. The van der Waals surface area contributed by atoms with Crippen LogP contribution in [-0.4, -0.2) is 281 Å². The smallest absolute Gasteiger partial charge is 0.389 e. The molecule has 48 heteroatoms. The largest absolute Gasteiger partial charge is 0.483 e. The van der Waals surface area contributed by atoms with Gasteiger partial charge in [-0.3, -0.25) is 19.6 Å². The Labute approximate surface area is 474 Å². The number of halogens is 30. The average Bonchev–Trinajstić information content (AvgIpc) is 0.856. The molecule has 1 aliphatic rings. The minimum absolute atomic E-state index is 0.0241. The van der Waals surface area contributed by atoms with E-state index in [4.69, 9.17) is 9.47 Å². The van der Waals surface area contributed by atoms with Gasteiger partial charge < -0.3 is 39.4 Å². The summed E-state index contributed by atoms with van der Waals surface area (Å²) in [6.45, 7) is -9.19. The highest BCUT2D eigenvalue weighted by atomic mass is 19.4. The fraction of sp³-hybridized carbons (Fsp3) is 1.00. The summed E-state index contributed by atoms with van der Waals surface area (Å²) in [7, 11) is 0. The fourth-order valence-corrected chi connectivity index (χ4v) is 6.52. The van der Waals surface area contributed by atoms with Gasteiger partial charge in [0.15, 0.2) is 0 Å². The van der Waals surface area contributed by atoms with Crippen LogP contribution in [-0.2, 0) is 47.4 Å². The molecule has 18 nitrogen and oxygen atoms in total. The van der Waals surface area contributed by atoms with Crippen molar-refractivity contribution in [2.24, 2.45) is 0 Å². The SMILES string of the molecule is CCOCC(O)CN1CCN(CC(O)COCC)CCN(CC(O)COCC(F)(F)OC(F)(F)C(F)(F)OC(F)(F)C(F)(F)OC(F)(F)C(F)(F)F)CCN(CC(O)COCC(F)(F)OC(F)(F)C(F)(F)OC(F)(F)C(F)(F)OC(F)(F)C(F)(F)F)CC1. The molecule has 4 unspecified atom stereocenters. The van der Waals surface area contributed by atoms with E-state index in [1.807, 2.05) is 0 Å². The monoisotopic (exact) mass is 1380 g/mol. The Balaban J connectivity index is 3.36. The van der Waals surface area contributed by atoms with Crippen LogP contribution in [0.4, 0.5) is 132 Å². The Hall–Kier alpha value is -2.82. The van der Waals surface area contributed by atoms with E-state index < -0.39 is 163 Å². The van der Waals surface area contributed by atoms with E-state index in [0.717, 1.165) is 0 Å². The number of hydrogen-bond donors (Lipinski definition) is 4. The molecular formula is C40H54F30N4O14. The van der Waals surface area contributed by atoms with Crippen LogP contribution in [0.1, 0.15) is 13.8 Å². The Morgan fingerprint density at radius 2 is 0.443 bits per heavy atom. The maximum atomic E-state index is 14.4. The zero-order chi connectivity index (χ0) is 68.8. The number of β-amino-alcohol motifs (C(OH)–C–C–N with tert-alkyl or cyclic N) is 4. The Bertz CT molecular complexity index is 1900. The van der Waals surface area contributed by atoms with Crippen molar-refractivity contribution in [3.05, 3.63) is 0 Å². The van der Waals surface area contributed by atoms with Crippen molar-refractivity contribution in [3.63, 3.8) is 0 Å². The minimum Gasteiger partial charge on any atom is -0.389 e. The molecule has 1 fully saturated rings. The molecule has 0 amide bonds. The third-order valence-electron chi connectivity index (χ3n) is 10.6. The summed E-state index contributed by atoms with van der Waals surface area (Å²) >= 11 is 0. The van der Waals surface area contributed by atoms with E-state index in [-0.39, 0.29) is 78.8 Å². The van der Waals surface area contributed by atoms with Crippen LogP contribution in [0, 0.1) is 0 Å². The van der Waals surface area contributed by atoms with Gasteiger partial charge in [-0.15, -0.1) is 0 Å². The quantitative estimate of drug-likeness (QED) is 0.0459. The molecule has 0 bridgehead atoms. The Kier molecular flexibility index (Phi) is 30.1. The summed E-state index contributed by atoms with van der Waals surface area (Å²) in [5, 5.41) is 42.6. The number of aliphatic hydroxyl groups excluding tert-OH is 4. The number of alkyl halides is 30. The molecule has 4 N–H and O–H groups in total. The van der Waals surface area contributed by atoms with Crippen molar-refractivity contribution < 1.29 is 200 Å². The standard InChI is InChI=1S/C40H54F30N4O14/c1-3-79-17-23(75)13-71-5-6-72(14-24(76)18-80-4-2)8-10-74(16-26(78)20-82-22-28(43,44)84-34(57,58)36(61,62)88-40(69,70)38(65,66)86-32(53,54)30(48,49)50)12-11-73(9-7-71)15-25(77)19-81-21-27(41,42)83-33(55,56)35(59,60)87-39(67,68)37(63,64)85-31(51,52)29(45,46)47/h23-26,75-78H,3-22H2,1-2H3. The van der Waals surface area contributed by atoms with Crippen LogP contribution in [0.2, 0.25) is 0 Å². The molecular weight excluding hydrogens is 1330 g/mol. The second-order valence-corrected chi connectivity index (χ2v) is 18.2. The molecule has 1 rings (SSSR count). The first-order valence-electron chi connectivity index (χ1n) is 24.1. The lowest BCUT2D eigenvalue weighted by molar-refractivity contribution is -0.567. The molecule has 0 radical (unpaired) electrons. The molecule has 0 aromatic carbocycles. The summed E-state index contributed by atoms with van der Waals surface area (Å²) < 4.78 is 432. The molecule has 528 valence electrons. The molecule has 0 aromatic rings. The Morgan fingerprint density at radius 1 is 0.273 bits per heavy atom. The highest BCUT2D eigenvalue weighted by Gasteiger charge is 2.78. The molecule has 1 aliphatic heterocycles. The van der Waals surface area contributed by atoms with Crippen molar-refractivity contribution in [2.45, 2.75) is 124 Å². The molecule has 0 aliphatic carbocycles. The van der Waals surface area contributed by atoms with Crippen molar-refractivity contribution in [1.82, 2.24) is 19.6 Å². The van der Waals surface area contributed by atoms with Gasteiger partial charge >= 0.3 is 85.7 Å². The van der Waals surface area contributed by atoms with Crippen molar-refractivity contribution in [2.75, 3.05) is 131 Å². The Morgan fingerprint density at radius 3 is 0.625 bits per heavy atom. The molecule has 0 spiro atoms. The normalized spacial score (nSPS) is 19.0. The van der Waals surface area contributed by atoms with Crippen LogP contribution in [0.25, 0.3) is 0 Å². The summed E-state index contributed by atoms with van der Waals surface area (Å²) in [5.41, 5.74) is 0. The van der Waals surface area contributed by atoms with Crippen LogP contribution < -0.4 is 0 Å². The predicted molar refractivity (Wildman–Crippen MR) is 222 cm³/mol. The van der Waals surface area contributed by atoms with Gasteiger partial charge in [-0.05, 0) is 13.8 Å². The highest BCUT2D eigenvalue weighted by Crippen LogP contribution is 2.52. The summed E-state index contributed by atoms with van der Waals surface area (Å²) in [4.78, 5) is 5.53. The molecule has 1 saturated heterocycles. The van der Waals surface area contributed by atoms with Crippen LogP contribution in [0.15, 0.2) is 0 Å². The number of nitrogens with zero attached hydrogens (tertiary/aromatic N) is 4. The van der Waals surface area contributed by atoms with Gasteiger partial charge in [0.05, 0.1) is 50.8 Å². The van der Waals surface area contributed by atoms with Gasteiger partial charge in [0.1, 0.15) is 13.2 Å². The number of rotatable bonds is 38. The van der Waals surface area contributed by atoms with E-state index in [1.54, 1.807) is 33.1 Å². The van der Waals surface area contributed by atoms with Crippen molar-refractivity contribution >= 4 is 0 Å². The van der Waals surface area contributed by atoms with E-state index in [9.17, 15) is 152 Å². The maximum absolute atomic E-state index is 14.4.